The van der Waals surface area contributed by atoms with Crippen molar-refractivity contribution in [3.05, 3.63) is 22.7 Å². The van der Waals surface area contributed by atoms with Gasteiger partial charge in [0.25, 0.3) is 0 Å². The summed E-state index contributed by atoms with van der Waals surface area (Å²) in [5.74, 6) is 0.815. The van der Waals surface area contributed by atoms with Crippen LogP contribution in [-0.2, 0) is 10.0 Å². The SMILES string of the molecule is CCCOc1cc(S(=O)(=O)NCC(C)C)ccc1Br. The molecule has 0 saturated heterocycles. The van der Waals surface area contributed by atoms with Gasteiger partial charge in [0.05, 0.1) is 16.0 Å². The molecule has 0 bridgehead atoms. The van der Waals surface area contributed by atoms with Crippen molar-refractivity contribution >= 4 is 26.0 Å². The lowest BCUT2D eigenvalue weighted by molar-refractivity contribution is 0.314. The van der Waals surface area contributed by atoms with E-state index in [1.807, 2.05) is 20.8 Å². The first-order valence-corrected chi connectivity index (χ1v) is 8.56. The number of ether oxygens (including phenoxy) is 1. The van der Waals surface area contributed by atoms with E-state index in [4.69, 9.17) is 4.74 Å². The average Bonchev–Trinajstić information content (AvgIpc) is 2.35. The Morgan fingerprint density at radius 3 is 2.63 bits per heavy atom. The van der Waals surface area contributed by atoms with Crippen molar-refractivity contribution in [2.75, 3.05) is 13.2 Å². The molecule has 6 heteroatoms. The second-order valence-corrected chi connectivity index (χ2v) is 7.31. The molecule has 0 radical (unpaired) electrons. The molecule has 0 aliphatic rings. The van der Waals surface area contributed by atoms with Crippen molar-refractivity contribution in [3.8, 4) is 5.75 Å². The number of rotatable bonds is 7. The van der Waals surface area contributed by atoms with Crippen LogP contribution in [0.4, 0.5) is 0 Å². The van der Waals surface area contributed by atoms with Crippen LogP contribution in [0.25, 0.3) is 0 Å². The Balaban J connectivity index is 2.94. The van der Waals surface area contributed by atoms with Gasteiger partial charge in [-0.25, -0.2) is 13.1 Å². The molecule has 108 valence electrons. The molecule has 0 aliphatic heterocycles. The van der Waals surface area contributed by atoms with Gasteiger partial charge in [0.15, 0.2) is 0 Å². The van der Waals surface area contributed by atoms with E-state index in [1.165, 1.54) is 0 Å². The molecule has 1 N–H and O–H groups in total. The summed E-state index contributed by atoms with van der Waals surface area (Å²) in [7, 11) is -3.47. The molecule has 0 saturated carbocycles. The first-order valence-electron chi connectivity index (χ1n) is 6.29. The molecule has 1 aromatic carbocycles. The maximum absolute atomic E-state index is 12.1. The van der Waals surface area contributed by atoms with Crippen LogP contribution in [0.1, 0.15) is 27.2 Å². The smallest absolute Gasteiger partial charge is 0.240 e. The lowest BCUT2D eigenvalue weighted by atomic mass is 10.2. The quantitative estimate of drug-likeness (QED) is 0.822. The fraction of sp³-hybridized carbons (Fsp3) is 0.538. The number of hydrogen-bond donors (Lipinski definition) is 1. The molecule has 0 amide bonds. The van der Waals surface area contributed by atoms with Crippen LogP contribution in [0.2, 0.25) is 0 Å². The van der Waals surface area contributed by atoms with Crippen LogP contribution >= 0.6 is 15.9 Å². The Hall–Kier alpha value is -0.590. The summed E-state index contributed by atoms with van der Waals surface area (Å²) in [6, 6.07) is 4.79. The van der Waals surface area contributed by atoms with Gasteiger partial charge in [-0.2, -0.15) is 0 Å². The normalized spacial score (nSPS) is 11.8. The van der Waals surface area contributed by atoms with E-state index < -0.39 is 10.0 Å². The van der Waals surface area contributed by atoms with E-state index in [1.54, 1.807) is 18.2 Å². The van der Waals surface area contributed by atoms with Crippen LogP contribution in [0.15, 0.2) is 27.6 Å². The maximum Gasteiger partial charge on any atom is 0.240 e. The van der Waals surface area contributed by atoms with Gasteiger partial charge in [0.1, 0.15) is 5.75 Å². The van der Waals surface area contributed by atoms with Crippen LogP contribution in [-0.4, -0.2) is 21.6 Å². The Kier molecular flexibility index (Phi) is 6.29. The highest BCUT2D eigenvalue weighted by atomic mass is 79.9. The van der Waals surface area contributed by atoms with E-state index in [0.717, 1.165) is 10.9 Å². The van der Waals surface area contributed by atoms with E-state index >= 15 is 0 Å². The summed E-state index contributed by atoms with van der Waals surface area (Å²) in [5, 5.41) is 0. The second-order valence-electron chi connectivity index (χ2n) is 4.69. The molecule has 1 rings (SSSR count). The molecule has 1 aromatic rings. The van der Waals surface area contributed by atoms with E-state index in [2.05, 4.69) is 20.7 Å². The van der Waals surface area contributed by atoms with Crippen molar-refractivity contribution in [1.29, 1.82) is 0 Å². The Morgan fingerprint density at radius 1 is 1.37 bits per heavy atom. The van der Waals surface area contributed by atoms with E-state index in [9.17, 15) is 8.42 Å². The number of sulfonamides is 1. The predicted octanol–water partition coefficient (Wildman–Crippen LogP) is 3.17. The first kappa shape index (κ1) is 16.5. The van der Waals surface area contributed by atoms with Gasteiger partial charge in [0.2, 0.25) is 10.0 Å². The number of nitrogens with one attached hydrogen (secondary N) is 1. The monoisotopic (exact) mass is 349 g/mol. The van der Waals surface area contributed by atoms with Gasteiger partial charge in [-0.3, -0.25) is 0 Å². The topological polar surface area (TPSA) is 55.4 Å². The highest BCUT2D eigenvalue weighted by Gasteiger charge is 2.16. The van der Waals surface area contributed by atoms with Gasteiger partial charge in [-0.05, 0) is 40.4 Å². The second kappa shape index (κ2) is 7.26. The number of benzene rings is 1. The van der Waals surface area contributed by atoms with Crippen LogP contribution in [0.3, 0.4) is 0 Å². The summed E-state index contributed by atoms with van der Waals surface area (Å²) in [6.45, 7) is 6.89. The lowest BCUT2D eigenvalue weighted by Gasteiger charge is -2.11. The van der Waals surface area contributed by atoms with E-state index in [-0.39, 0.29) is 10.8 Å². The number of halogens is 1. The van der Waals surface area contributed by atoms with Crippen molar-refractivity contribution in [3.63, 3.8) is 0 Å². The molecule has 0 aliphatic carbocycles. The third-order valence-corrected chi connectivity index (χ3v) is 4.43. The third-order valence-electron chi connectivity index (χ3n) is 2.36. The Bertz CT molecular complexity index is 515. The summed E-state index contributed by atoms with van der Waals surface area (Å²) in [4.78, 5) is 0.224. The molecule has 0 spiro atoms. The van der Waals surface area contributed by atoms with Crippen molar-refractivity contribution in [2.45, 2.75) is 32.1 Å². The minimum Gasteiger partial charge on any atom is -0.492 e. The fourth-order valence-electron chi connectivity index (χ4n) is 1.33. The predicted molar refractivity (Wildman–Crippen MR) is 80.0 cm³/mol. The molecular formula is C13H20BrNO3S. The molecule has 19 heavy (non-hydrogen) atoms. The first-order chi connectivity index (χ1) is 8.86. The maximum atomic E-state index is 12.1. The van der Waals surface area contributed by atoms with Crippen molar-refractivity contribution in [1.82, 2.24) is 4.72 Å². The lowest BCUT2D eigenvalue weighted by Crippen LogP contribution is -2.27. The zero-order valence-electron chi connectivity index (χ0n) is 11.4. The molecule has 4 nitrogen and oxygen atoms in total. The molecule has 0 unspecified atom stereocenters. The summed E-state index contributed by atoms with van der Waals surface area (Å²) in [6.07, 6.45) is 0.870. The Morgan fingerprint density at radius 2 is 2.05 bits per heavy atom. The minimum atomic E-state index is -3.47. The zero-order valence-corrected chi connectivity index (χ0v) is 13.8. The molecular weight excluding hydrogens is 330 g/mol. The van der Waals surface area contributed by atoms with Crippen LogP contribution in [0, 0.1) is 5.92 Å². The van der Waals surface area contributed by atoms with Gasteiger partial charge >= 0.3 is 0 Å². The minimum absolute atomic E-state index is 0.224. The summed E-state index contributed by atoms with van der Waals surface area (Å²) < 4.78 is 33.0. The molecule has 0 fully saturated rings. The number of hydrogen-bond acceptors (Lipinski definition) is 3. The highest BCUT2D eigenvalue weighted by Crippen LogP contribution is 2.28. The largest absolute Gasteiger partial charge is 0.492 e. The summed E-state index contributed by atoms with van der Waals surface area (Å²) in [5.41, 5.74) is 0. The van der Waals surface area contributed by atoms with Crippen LogP contribution < -0.4 is 9.46 Å². The Labute approximate surface area is 123 Å². The standard InChI is InChI=1S/C13H20BrNO3S/c1-4-7-18-13-8-11(5-6-12(13)14)19(16,17)15-9-10(2)3/h5-6,8,10,15H,4,7,9H2,1-3H3. The van der Waals surface area contributed by atoms with Crippen molar-refractivity contribution in [2.24, 2.45) is 5.92 Å². The fourth-order valence-corrected chi connectivity index (χ4v) is 2.92. The van der Waals surface area contributed by atoms with Gasteiger partial charge < -0.3 is 4.74 Å². The third kappa shape index (κ3) is 5.12. The van der Waals surface area contributed by atoms with Gasteiger partial charge in [0, 0.05) is 12.6 Å². The zero-order chi connectivity index (χ0) is 14.5. The van der Waals surface area contributed by atoms with E-state index in [0.29, 0.717) is 18.9 Å². The summed E-state index contributed by atoms with van der Waals surface area (Å²) >= 11 is 3.35. The van der Waals surface area contributed by atoms with Crippen molar-refractivity contribution < 1.29 is 13.2 Å². The van der Waals surface area contributed by atoms with Crippen LogP contribution in [0.5, 0.6) is 5.75 Å². The molecule has 0 heterocycles. The highest BCUT2D eigenvalue weighted by molar-refractivity contribution is 9.10. The molecule has 0 aromatic heterocycles. The van der Waals surface area contributed by atoms with Gasteiger partial charge in [-0.1, -0.05) is 20.8 Å². The molecule has 0 atom stereocenters. The van der Waals surface area contributed by atoms with Gasteiger partial charge in [-0.15, -0.1) is 0 Å². The average molecular weight is 350 g/mol.